The highest BCUT2D eigenvalue weighted by Crippen LogP contribution is 2.32. The fourth-order valence-electron chi connectivity index (χ4n) is 1.95. The second-order valence-electron chi connectivity index (χ2n) is 4.72. The molecule has 1 aliphatic rings. The van der Waals surface area contributed by atoms with Gasteiger partial charge in [0.1, 0.15) is 0 Å². The number of carbonyl (C=O) groups excluding carboxylic acids is 1. The Balaban J connectivity index is 2.12. The number of nitrogens with one attached hydrogen (secondary N) is 2. The quantitative estimate of drug-likeness (QED) is 0.836. The van der Waals surface area contributed by atoms with E-state index in [-0.39, 0.29) is 11.9 Å². The van der Waals surface area contributed by atoms with Crippen LogP contribution >= 0.6 is 0 Å². The fourth-order valence-corrected chi connectivity index (χ4v) is 1.95. The zero-order valence-corrected chi connectivity index (χ0v) is 10.6. The largest absolute Gasteiger partial charge is 0.387 e. The molecule has 0 aliphatic heterocycles. The van der Waals surface area contributed by atoms with Gasteiger partial charge in [-0.05, 0) is 38.7 Å². The van der Waals surface area contributed by atoms with E-state index in [1.807, 2.05) is 20.0 Å². The first-order valence-electron chi connectivity index (χ1n) is 6.07. The molecular weight excluding hydrogens is 214 g/mol. The third-order valence-corrected chi connectivity index (χ3v) is 3.24. The molecule has 1 amide bonds. The number of pyridine rings is 1. The van der Waals surface area contributed by atoms with Crippen LogP contribution in [0.25, 0.3) is 0 Å². The van der Waals surface area contributed by atoms with E-state index >= 15 is 0 Å². The standard InChI is InChI=1S/C13H19N3O/c1-8-6-12(14-3)11(7-15-8)13(17)16-9(2)10-4-5-10/h6-7,9-10H,4-5H2,1-3H3,(H,14,15)(H,16,17). The normalized spacial score (nSPS) is 16.4. The summed E-state index contributed by atoms with van der Waals surface area (Å²) in [6.07, 6.45) is 4.09. The lowest BCUT2D eigenvalue weighted by Crippen LogP contribution is -2.34. The fraction of sp³-hybridized carbons (Fsp3) is 0.538. The summed E-state index contributed by atoms with van der Waals surface area (Å²) >= 11 is 0. The molecule has 17 heavy (non-hydrogen) atoms. The van der Waals surface area contributed by atoms with Gasteiger partial charge in [-0.3, -0.25) is 9.78 Å². The maximum absolute atomic E-state index is 12.1. The molecule has 0 radical (unpaired) electrons. The van der Waals surface area contributed by atoms with E-state index in [1.54, 1.807) is 6.20 Å². The molecule has 0 saturated heterocycles. The highest BCUT2D eigenvalue weighted by Gasteiger charge is 2.29. The number of aryl methyl sites for hydroxylation is 1. The van der Waals surface area contributed by atoms with E-state index in [0.29, 0.717) is 11.5 Å². The topological polar surface area (TPSA) is 54.0 Å². The van der Waals surface area contributed by atoms with E-state index < -0.39 is 0 Å². The molecule has 4 heteroatoms. The van der Waals surface area contributed by atoms with Crippen LogP contribution in [-0.2, 0) is 0 Å². The van der Waals surface area contributed by atoms with Crippen molar-refractivity contribution in [3.8, 4) is 0 Å². The summed E-state index contributed by atoms with van der Waals surface area (Å²) in [4.78, 5) is 16.3. The van der Waals surface area contributed by atoms with E-state index in [9.17, 15) is 4.79 Å². The Morgan fingerprint density at radius 2 is 2.24 bits per heavy atom. The van der Waals surface area contributed by atoms with Crippen molar-refractivity contribution in [3.63, 3.8) is 0 Å². The number of rotatable bonds is 4. The summed E-state index contributed by atoms with van der Waals surface area (Å²) in [5, 5.41) is 6.07. The Bertz CT molecular complexity index is 427. The van der Waals surface area contributed by atoms with Gasteiger partial charge in [0, 0.05) is 25.0 Å². The summed E-state index contributed by atoms with van der Waals surface area (Å²) in [6.45, 7) is 3.98. The molecule has 0 spiro atoms. The Labute approximate surface area is 102 Å². The maximum atomic E-state index is 12.1. The number of nitrogens with zero attached hydrogens (tertiary/aromatic N) is 1. The molecule has 1 fully saturated rings. The molecule has 2 rings (SSSR count). The van der Waals surface area contributed by atoms with E-state index in [2.05, 4.69) is 22.5 Å². The maximum Gasteiger partial charge on any atom is 0.255 e. The molecule has 92 valence electrons. The number of carbonyl (C=O) groups is 1. The van der Waals surface area contributed by atoms with Crippen molar-refractivity contribution in [2.24, 2.45) is 5.92 Å². The second kappa shape index (κ2) is 4.73. The first-order valence-corrected chi connectivity index (χ1v) is 6.07. The number of hydrogen-bond acceptors (Lipinski definition) is 3. The van der Waals surface area contributed by atoms with Gasteiger partial charge >= 0.3 is 0 Å². The van der Waals surface area contributed by atoms with Crippen molar-refractivity contribution in [3.05, 3.63) is 23.5 Å². The number of hydrogen-bond donors (Lipinski definition) is 2. The lowest BCUT2D eigenvalue weighted by Gasteiger charge is -2.14. The van der Waals surface area contributed by atoms with Crippen LogP contribution in [0.4, 0.5) is 5.69 Å². The van der Waals surface area contributed by atoms with E-state index in [1.165, 1.54) is 12.8 Å². The first kappa shape index (κ1) is 11.9. The molecule has 1 atom stereocenters. The molecule has 0 aromatic carbocycles. The van der Waals surface area contributed by atoms with Crippen molar-refractivity contribution in [2.75, 3.05) is 12.4 Å². The van der Waals surface area contributed by atoms with Crippen LogP contribution in [0.15, 0.2) is 12.3 Å². The zero-order valence-electron chi connectivity index (χ0n) is 10.6. The molecule has 1 aromatic heterocycles. The monoisotopic (exact) mass is 233 g/mol. The van der Waals surface area contributed by atoms with Gasteiger partial charge in [-0.2, -0.15) is 0 Å². The number of aromatic nitrogens is 1. The minimum Gasteiger partial charge on any atom is -0.387 e. The van der Waals surface area contributed by atoms with Gasteiger partial charge < -0.3 is 10.6 Å². The number of amides is 1. The smallest absolute Gasteiger partial charge is 0.255 e. The van der Waals surface area contributed by atoms with Crippen LogP contribution < -0.4 is 10.6 Å². The molecule has 0 bridgehead atoms. The molecule has 1 unspecified atom stereocenters. The van der Waals surface area contributed by atoms with Crippen LogP contribution in [0, 0.1) is 12.8 Å². The lowest BCUT2D eigenvalue weighted by molar-refractivity contribution is 0.0936. The average molecular weight is 233 g/mol. The summed E-state index contributed by atoms with van der Waals surface area (Å²) in [5.41, 5.74) is 2.35. The molecule has 1 aliphatic carbocycles. The Kier molecular flexibility index (Phi) is 3.31. The van der Waals surface area contributed by atoms with Gasteiger partial charge in [0.25, 0.3) is 5.91 Å². The lowest BCUT2D eigenvalue weighted by atomic mass is 10.1. The van der Waals surface area contributed by atoms with Gasteiger partial charge in [-0.1, -0.05) is 0 Å². The third-order valence-electron chi connectivity index (χ3n) is 3.24. The second-order valence-corrected chi connectivity index (χ2v) is 4.72. The molecule has 1 saturated carbocycles. The van der Waals surface area contributed by atoms with Crippen molar-refractivity contribution in [1.29, 1.82) is 0 Å². The van der Waals surface area contributed by atoms with Gasteiger partial charge in [0.2, 0.25) is 0 Å². The average Bonchev–Trinajstić information content (AvgIpc) is 3.12. The van der Waals surface area contributed by atoms with Crippen LogP contribution in [0.3, 0.4) is 0 Å². The third kappa shape index (κ3) is 2.75. The van der Waals surface area contributed by atoms with E-state index in [0.717, 1.165) is 11.4 Å². The summed E-state index contributed by atoms with van der Waals surface area (Å²) in [7, 11) is 1.82. The van der Waals surface area contributed by atoms with Gasteiger partial charge in [0.05, 0.1) is 11.3 Å². The highest BCUT2D eigenvalue weighted by molar-refractivity contribution is 5.99. The van der Waals surface area contributed by atoms with Crippen molar-refractivity contribution in [1.82, 2.24) is 10.3 Å². The minimum atomic E-state index is -0.0405. The van der Waals surface area contributed by atoms with Gasteiger partial charge in [0.15, 0.2) is 0 Å². The van der Waals surface area contributed by atoms with Crippen LogP contribution in [-0.4, -0.2) is 24.0 Å². The SMILES string of the molecule is CNc1cc(C)ncc1C(=O)NC(C)C1CC1. The zero-order chi connectivity index (χ0) is 12.4. The number of anilines is 1. The Morgan fingerprint density at radius 3 is 2.82 bits per heavy atom. The Hall–Kier alpha value is -1.58. The van der Waals surface area contributed by atoms with Gasteiger partial charge in [-0.15, -0.1) is 0 Å². The van der Waals surface area contributed by atoms with Crippen LogP contribution in [0.5, 0.6) is 0 Å². The molecule has 4 nitrogen and oxygen atoms in total. The van der Waals surface area contributed by atoms with Crippen molar-refractivity contribution >= 4 is 11.6 Å². The minimum absolute atomic E-state index is 0.0405. The van der Waals surface area contributed by atoms with Crippen molar-refractivity contribution < 1.29 is 4.79 Å². The van der Waals surface area contributed by atoms with Crippen LogP contribution in [0.1, 0.15) is 35.8 Å². The summed E-state index contributed by atoms with van der Waals surface area (Å²) in [5.74, 6) is 0.622. The molecule has 1 aromatic rings. The summed E-state index contributed by atoms with van der Waals surface area (Å²) in [6, 6.07) is 2.14. The van der Waals surface area contributed by atoms with E-state index in [4.69, 9.17) is 0 Å². The molecule has 2 N–H and O–H groups in total. The Morgan fingerprint density at radius 1 is 1.53 bits per heavy atom. The van der Waals surface area contributed by atoms with Crippen molar-refractivity contribution in [2.45, 2.75) is 32.7 Å². The molecular formula is C13H19N3O. The predicted octanol–water partition coefficient (Wildman–Crippen LogP) is 1.96. The highest BCUT2D eigenvalue weighted by atomic mass is 16.1. The first-order chi connectivity index (χ1) is 8.11. The predicted molar refractivity (Wildman–Crippen MR) is 68.2 cm³/mol. The van der Waals surface area contributed by atoms with Crippen LogP contribution in [0.2, 0.25) is 0 Å². The summed E-state index contributed by atoms with van der Waals surface area (Å²) < 4.78 is 0. The van der Waals surface area contributed by atoms with Gasteiger partial charge in [-0.25, -0.2) is 0 Å². The molecule has 1 heterocycles.